The van der Waals surface area contributed by atoms with Crippen molar-refractivity contribution >= 4 is 11.7 Å². The summed E-state index contributed by atoms with van der Waals surface area (Å²) in [5.74, 6) is -1.74. The zero-order valence-corrected chi connectivity index (χ0v) is 9.16. The Hall–Kier alpha value is -1.78. The summed E-state index contributed by atoms with van der Waals surface area (Å²) in [6.45, 7) is 4.28. The Labute approximate surface area is 92.8 Å². The standard InChI is InChI=1S/C11H14FNO3/c1-6(2)5-16-10-4-8(12)7(11(14)15)3-9(10)13/h3-4,6H,5,13H2,1-2H3,(H,14,15). The summed E-state index contributed by atoms with van der Waals surface area (Å²) in [4.78, 5) is 10.6. The lowest BCUT2D eigenvalue weighted by Gasteiger charge is -2.11. The molecule has 1 aromatic carbocycles. The van der Waals surface area contributed by atoms with E-state index in [-0.39, 0.29) is 17.4 Å². The molecule has 0 saturated carbocycles. The number of carboxylic acids is 1. The highest BCUT2D eigenvalue weighted by Gasteiger charge is 2.14. The highest BCUT2D eigenvalue weighted by molar-refractivity contribution is 5.89. The molecule has 0 amide bonds. The van der Waals surface area contributed by atoms with E-state index < -0.39 is 17.3 Å². The fourth-order valence-corrected chi connectivity index (χ4v) is 1.12. The highest BCUT2D eigenvalue weighted by atomic mass is 19.1. The van der Waals surface area contributed by atoms with Gasteiger partial charge >= 0.3 is 5.97 Å². The van der Waals surface area contributed by atoms with Gasteiger partial charge in [-0.1, -0.05) is 13.8 Å². The third kappa shape index (κ3) is 2.85. The van der Waals surface area contributed by atoms with Gasteiger partial charge in [-0.3, -0.25) is 0 Å². The normalized spacial score (nSPS) is 10.5. The average Bonchev–Trinajstić information content (AvgIpc) is 2.18. The van der Waals surface area contributed by atoms with Crippen molar-refractivity contribution in [2.45, 2.75) is 13.8 Å². The number of aromatic carboxylic acids is 1. The first kappa shape index (κ1) is 12.3. The van der Waals surface area contributed by atoms with E-state index in [0.29, 0.717) is 6.61 Å². The zero-order chi connectivity index (χ0) is 12.3. The van der Waals surface area contributed by atoms with Gasteiger partial charge in [-0.05, 0) is 12.0 Å². The first-order valence-corrected chi connectivity index (χ1v) is 4.87. The molecule has 0 unspecified atom stereocenters. The second kappa shape index (κ2) is 4.83. The van der Waals surface area contributed by atoms with E-state index in [2.05, 4.69) is 0 Å². The van der Waals surface area contributed by atoms with E-state index in [1.54, 1.807) is 0 Å². The first-order chi connectivity index (χ1) is 7.41. The molecule has 0 spiro atoms. The number of halogens is 1. The monoisotopic (exact) mass is 227 g/mol. The third-order valence-corrected chi connectivity index (χ3v) is 1.90. The summed E-state index contributed by atoms with van der Waals surface area (Å²) in [6.07, 6.45) is 0. The minimum atomic E-state index is -1.35. The summed E-state index contributed by atoms with van der Waals surface area (Å²) >= 11 is 0. The third-order valence-electron chi connectivity index (χ3n) is 1.90. The molecule has 1 aromatic rings. The molecule has 0 bridgehead atoms. The summed E-state index contributed by atoms with van der Waals surface area (Å²) in [6, 6.07) is 2.06. The van der Waals surface area contributed by atoms with Gasteiger partial charge in [0, 0.05) is 6.07 Å². The van der Waals surface area contributed by atoms with Crippen LogP contribution in [0.25, 0.3) is 0 Å². The number of ether oxygens (including phenoxy) is 1. The van der Waals surface area contributed by atoms with Crippen LogP contribution in [0.3, 0.4) is 0 Å². The zero-order valence-electron chi connectivity index (χ0n) is 9.16. The minimum absolute atomic E-state index is 0.124. The maximum Gasteiger partial charge on any atom is 0.338 e. The number of anilines is 1. The Morgan fingerprint density at radius 2 is 2.19 bits per heavy atom. The van der Waals surface area contributed by atoms with Crippen molar-refractivity contribution in [1.29, 1.82) is 0 Å². The Kier molecular flexibility index (Phi) is 3.71. The number of nitrogen functional groups attached to an aromatic ring is 1. The van der Waals surface area contributed by atoms with Crippen LogP contribution >= 0.6 is 0 Å². The molecule has 1 rings (SSSR count). The van der Waals surface area contributed by atoms with Crippen molar-refractivity contribution in [3.8, 4) is 5.75 Å². The Bertz CT molecular complexity index is 404. The van der Waals surface area contributed by atoms with E-state index >= 15 is 0 Å². The Morgan fingerprint density at radius 1 is 1.56 bits per heavy atom. The van der Waals surface area contributed by atoms with Crippen molar-refractivity contribution in [2.75, 3.05) is 12.3 Å². The van der Waals surface area contributed by atoms with E-state index in [9.17, 15) is 9.18 Å². The lowest BCUT2D eigenvalue weighted by Crippen LogP contribution is -2.08. The number of nitrogens with two attached hydrogens (primary N) is 1. The second-order valence-corrected chi connectivity index (χ2v) is 3.88. The van der Waals surface area contributed by atoms with E-state index in [1.807, 2.05) is 13.8 Å². The minimum Gasteiger partial charge on any atom is -0.491 e. The number of rotatable bonds is 4. The van der Waals surface area contributed by atoms with Crippen LogP contribution in [0.15, 0.2) is 12.1 Å². The molecule has 88 valence electrons. The number of benzene rings is 1. The molecule has 0 aliphatic carbocycles. The molecule has 16 heavy (non-hydrogen) atoms. The molecule has 0 radical (unpaired) electrons. The predicted octanol–water partition coefficient (Wildman–Crippen LogP) is 2.14. The first-order valence-electron chi connectivity index (χ1n) is 4.87. The van der Waals surface area contributed by atoms with E-state index in [1.165, 1.54) is 0 Å². The van der Waals surface area contributed by atoms with Crippen LogP contribution in [-0.2, 0) is 0 Å². The molecule has 5 heteroatoms. The van der Waals surface area contributed by atoms with Crippen LogP contribution in [0.1, 0.15) is 24.2 Å². The Balaban J connectivity index is 2.96. The SMILES string of the molecule is CC(C)COc1cc(F)c(C(=O)O)cc1N. The van der Waals surface area contributed by atoms with Crippen LogP contribution in [0.4, 0.5) is 10.1 Å². The second-order valence-electron chi connectivity index (χ2n) is 3.88. The van der Waals surface area contributed by atoms with Gasteiger partial charge in [-0.2, -0.15) is 0 Å². The number of hydrogen-bond donors (Lipinski definition) is 2. The number of carboxylic acid groups (broad SMARTS) is 1. The van der Waals surface area contributed by atoms with Gasteiger partial charge in [0.25, 0.3) is 0 Å². The number of carbonyl (C=O) groups is 1. The predicted molar refractivity (Wildman–Crippen MR) is 58.1 cm³/mol. The molecule has 0 aliphatic heterocycles. The molecule has 0 fully saturated rings. The largest absolute Gasteiger partial charge is 0.491 e. The maximum absolute atomic E-state index is 13.3. The van der Waals surface area contributed by atoms with E-state index in [0.717, 1.165) is 12.1 Å². The molecule has 3 N–H and O–H groups in total. The van der Waals surface area contributed by atoms with Gasteiger partial charge in [-0.25, -0.2) is 9.18 Å². The number of hydrogen-bond acceptors (Lipinski definition) is 3. The van der Waals surface area contributed by atoms with Gasteiger partial charge in [0.15, 0.2) is 0 Å². The van der Waals surface area contributed by atoms with Gasteiger partial charge in [-0.15, -0.1) is 0 Å². The Morgan fingerprint density at radius 3 is 2.69 bits per heavy atom. The molecule has 0 heterocycles. The molecule has 0 saturated heterocycles. The van der Waals surface area contributed by atoms with Crippen LogP contribution in [-0.4, -0.2) is 17.7 Å². The quantitative estimate of drug-likeness (QED) is 0.773. The van der Waals surface area contributed by atoms with Crippen molar-refractivity contribution in [1.82, 2.24) is 0 Å². The molecular weight excluding hydrogens is 213 g/mol. The fraction of sp³-hybridized carbons (Fsp3) is 0.364. The maximum atomic E-state index is 13.3. The van der Waals surface area contributed by atoms with Gasteiger partial charge in [0.1, 0.15) is 11.6 Å². The van der Waals surface area contributed by atoms with Crippen molar-refractivity contribution in [3.63, 3.8) is 0 Å². The molecule has 0 aromatic heterocycles. The summed E-state index contributed by atoms with van der Waals surface area (Å²) in [5.41, 5.74) is 5.23. The average molecular weight is 227 g/mol. The van der Waals surface area contributed by atoms with Gasteiger partial charge < -0.3 is 15.6 Å². The van der Waals surface area contributed by atoms with Crippen molar-refractivity contribution in [3.05, 3.63) is 23.5 Å². The smallest absolute Gasteiger partial charge is 0.338 e. The molecule has 0 aliphatic rings. The fourth-order valence-electron chi connectivity index (χ4n) is 1.12. The summed E-state index contributed by atoms with van der Waals surface area (Å²) < 4.78 is 18.5. The highest BCUT2D eigenvalue weighted by Crippen LogP contribution is 2.25. The lowest BCUT2D eigenvalue weighted by atomic mass is 10.1. The lowest BCUT2D eigenvalue weighted by molar-refractivity contribution is 0.0692. The molecular formula is C11H14FNO3. The van der Waals surface area contributed by atoms with Crippen LogP contribution < -0.4 is 10.5 Å². The van der Waals surface area contributed by atoms with Crippen molar-refractivity contribution in [2.24, 2.45) is 5.92 Å². The van der Waals surface area contributed by atoms with Gasteiger partial charge in [0.2, 0.25) is 0 Å². The topological polar surface area (TPSA) is 72.5 Å². The summed E-state index contributed by atoms with van der Waals surface area (Å²) in [5, 5.41) is 8.66. The van der Waals surface area contributed by atoms with Gasteiger partial charge in [0.05, 0.1) is 17.9 Å². The molecule has 0 atom stereocenters. The van der Waals surface area contributed by atoms with Crippen molar-refractivity contribution < 1.29 is 19.0 Å². The molecule has 4 nitrogen and oxygen atoms in total. The van der Waals surface area contributed by atoms with Crippen LogP contribution in [0.2, 0.25) is 0 Å². The summed E-state index contributed by atoms with van der Waals surface area (Å²) in [7, 11) is 0. The van der Waals surface area contributed by atoms with Crippen LogP contribution in [0.5, 0.6) is 5.75 Å². The van der Waals surface area contributed by atoms with Crippen LogP contribution in [0, 0.1) is 11.7 Å². The van der Waals surface area contributed by atoms with E-state index in [4.69, 9.17) is 15.6 Å².